The fourth-order valence-corrected chi connectivity index (χ4v) is 2.96. The molecule has 0 radical (unpaired) electrons. The van der Waals surface area contributed by atoms with Crippen LogP contribution in [0.5, 0.6) is 0 Å². The van der Waals surface area contributed by atoms with Gasteiger partial charge in [0, 0.05) is 32.5 Å². The van der Waals surface area contributed by atoms with Crippen molar-refractivity contribution in [2.24, 2.45) is 7.05 Å². The van der Waals surface area contributed by atoms with Crippen molar-refractivity contribution >= 4 is 17.4 Å². The number of aryl methyl sites for hydroxylation is 1. The van der Waals surface area contributed by atoms with Crippen molar-refractivity contribution < 1.29 is 14.1 Å². The fraction of sp³-hybridized carbons (Fsp3) is 0.375. The first-order valence-electron chi connectivity index (χ1n) is 8.01. The van der Waals surface area contributed by atoms with Crippen LogP contribution in [-0.4, -0.2) is 51.1 Å². The maximum atomic E-state index is 12.5. The molecule has 0 bridgehead atoms. The number of ether oxygens (including phenoxy) is 1. The number of methoxy groups -OCH3 is 1. The smallest absolute Gasteiger partial charge is 0.318 e. The Balaban J connectivity index is 1.58. The summed E-state index contributed by atoms with van der Waals surface area (Å²) in [6, 6.07) is 3.59. The number of urea groups is 1. The van der Waals surface area contributed by atoms with E-state index in [1.165, 1.54) is 11.3 Å². The maximum absolute atomic E-state index is 12.5. The minimum Gasteiger partial charge on any atom is -0.383 e. The number of nitrogens with zero attached hydrogens (tertiary/aromatic N) is 5. The number of hydrogen-bond donors (Lipinski definition) is 1. The molecule has 138 valence electrons. The van der Waals surface area contributed by atoms with Crippen molar-refractivity contribution in [2.45, 2.75) is 13.1 Å². The number of aromatic nitrogens is 4. The largest absolute Gasteiger partial charge is 0.383 e. The molecule has 0 aliphatic heterocycles. The molecule has 9 nitrogen and oxygen atoms in total. The lowest BCUT2D eigenvalue weighted by Crippen LogP contribution is -2.41. The maximum Gasteiger partial charge on any atom is 0.318 e. The summed E-state index contributed by atoms with van der Waals surface area (Å²) in [4.78, 5) is 19.4. The van der Waals surface area contributed by atoms with E-state index < -0.39 is 0 Å². The van der Waals surface area contributed by atoms with Crippen LogP contribution in [0.2, 0.25) is 0 Å². The molecule has 0 aliphatic rings. The lowest BCUT2D eigenvalue weighted by Gasteiger charge is -2.21. The van der Waals surface area contributed by atoms with Crippen LogP contribution in [0.15, 0.2) is 34.4 Å². The van der Waals surface area contributed by atoms with E-state index >= 15 is 0 Å². The van der Waals surface area contributed by atoms with Crippen LogP contribution < -0.4 is 5.32 Å². The molecule has 0 fully saturated rings. The number of nitrogens with one attached hydrogen (secondary N) is 1. The molecular formula is C16H20N6O3S. The summed E-state index contributed by atoms with van der Waals surface area (Å²) in [5.74, 6) is 0.880. The molecule has 1 N–H and O–H groups in total. The minimum atomic E-state index is -0.228. The van der Waals surface area contributed by atoms with Crippen LogP contribution in [0.3, 0.4) is 0 Å². The zero-order valence-corrected chi connectivity index (χ0v) is 15.4. The third kappa shape index (κ3) is 4.67. The average molecular weight is 376 g/mol. The molecule has 3 heterocycles. The highest BCUT2D eigenvalue weighted by Gasteiger charge is 2.16. The van der Waals surface area contributed by atoms with Gasteiger partial charge < -0.3 is 19.5 Å². The second kappa shape index (κ2) is 8.59. The Kier molecular flexibility index (Phi) is 5.97. The second-order valence-corrected chi connectivity index (χ2v) is 6.54. The molecule has 0 aliphatic carbocycles. The summed E-state index contributed by atoms with van der Waals surface area (Å²) in [5, 5.41) is 12.8. The Labute approximate surface area is 154 Å². The van der Waals surface area contributed by atoms with Crippen LogP contribution in [0.1, 0.15) is 11.4 Å². The third-order valence-electron chi connectivity index (χ3n) is 3.58. The molecule has 26 heavy (non-hydrogen) atoms. The van der Waals surface area contributed by atoms with E-state index in [-0.39, 0.29) is 12.6 Å². The molecule has 0 unspecified atom stereocenters. The standard InChI is InChI=1S/C16H20N6O3S/c1-21-10-12(8-18-21)11-22(5-6-24-2)16(23)17-9-14-19-15(25-20-14)13-4-3-7-26-13/h3-4,7-8,10H,5-6,9,11H2,1-2H3,(H,17,23). The molecule has 3 aromatic heterocycles. The molecule has 3 rings (SSSR count). The van der Waals surface area contributed by atoms with Crippen LogP contribution >= 0.6 is 11.3 Å². The van der Waals surface area contributed by atoms with Crippen LogP contribution in [0, 0.1) is 0 Å². The lowest BCUT2D eigenvalue weighted by molar-refractivity contribution is 0.146. The molecule has 0 aromatic carbocycles. The van der Waals surface area contributed by atoms with Crippen molar-refractivity contribution in [3.8, 4) is 10.8 Å². The van der Waals surface area contributed by atoms with Gasteiger partial charge in [-0.25, -0.2) is 4.79 Å². The van der Waals surface area contributed by atoms with E-state index in [1.807, 2.05) is 30.8 Å². The molecule has 0 saturated carbocycles. The Morgan fingerprint density at radius 3 is 3.08 bits per heavy atom. The zero-order chi connectivity index (χ0) is 18.4. The first-order chi connectivity index (χ1) is 12.7. The second-order valence-electron chi connectivity index (χ2n) is 5.59. The van der Waals surface area contributed by atoms with E-state index in [9.17, 15) is 4.79 Å². The topological polar surface area (TPSA) is 98.3 Å². The predicted octanol–water partition coefficient (Wildman–Crippen LogP) is 1.89. The lowest BCUT2D eigenvalue weighted by atomic mass is 10.3. The predicted molar refractivity (Wildman–Crippen MR) is 95.3 cm³/mol. The molecule has 0 atom stereocenters. The van der Waals surface area contributed by atoms with Gasteiger partial charge in [0.05, 0.1) is 30.8 Å². The number of rotatable bonds is 8. The van der Waals surface area contributed by atoms with E-state index in [0.29, 0.717) is 31.4 Å². The molecule has 0 saturated heterocycles. The van der Waals surface area contributed by atoms with Gasteiger partial charge in [-0.15, -0.1) is 11.3 Å². The monoisotopic (exact) mass is 376 g/mol. The van der Waals surface area contributed by atoms with Gasteiger partial charge in [0.25, 0.3) is 5.89 Å². The number of amides is 2. The van der Waals surface area contributed by atoms with E-state index in [1.54, 1.807) is 22.9 Å². The molecular weight excluding hydrogens is 356 g/mol. The summed E-state index contributed by atoms with van der Waals surface area (Å²) in [6.45, 7) is 1.53. The first kappa shape index (κ1) is 18.1. The molecule has 2 amide bonds. The van der Waals surface area contributed by atoms with Crippen molar-refractivity contribution in [3.63, 3.8) is 0 Å². The number of hydrogen-bond acceptors (Lipinski definition) is 7. The SMILES string of the molecule is COCCN(Cc1cnn(C)c1)C(=O)NCc1noc(-c2cccs2)n1. The Bertz CT molecular complexity index is 829. The molecule has 10 heteroatoms. The van der Waals surface area contributed by atoms with E-state index in [0.717, 1.165) is 10.4 Å². The highest BCUT2D eigenvalue weighted by atomic mass is 32.1. The highest BCUT2D eigenvalue weighted by Crippen LogP contribution is 2.22. The number of carbonyl (C=O) groups excluding carboxylic acids is 1. The molecule has 0 spiro atoms. The fourth-order valence-electron chi connectivity index (χ4n) is 2.32. The Morgan fingerprint density at radius 2 is 2.38 bits per heavy atom. The van der Waals surface area contributed by atoms with Crippen LogP contribution in [0.25, 0.3) is 10.8 Å². The van der Waals surface area contributed by atoms with Gasteiger partial charge in [0.2, 0.25) is 0 Å². The normalized spacial score (nSPS) is 10.8. The summed E-state index contributed by atoms with van der Waals surface area (Å²) < 4.78 is 12.0. The number of carbonyl (C=O) groups is 1. The van der Waals surface area contributed by atoms with Crippen molar-refractivity contribution in [1.82, 2.24) is 30.1 Å². The Morgan fingerprint density at radius 1 is 1.50 bits per heavy atom. The van der Waals surface area contributed by atoms with Gasteiger partial charge in [-0.1, -0.05) is 11.2 Å². The van der Waals surface area contributed by atoms with Gasteiger partial charge >= 0.3 is 6.03 Å². The summed E-state index contributed by atoms with van der Waals surface area (Å²) in [5.41, 5.74) is 0.943. The van der Waals surface area contributed by atoms with Crippen molar-refractivity contribution in [2.75, 3.05) is 20.3 Å². The number of thiophene rings is 1. The quantitative estimate of drug-likeness (QED) is 0.645. The first-order valence-corrected chi connectivity index (χ1v) is 8.89. The third-order valence-corrected chi connectivity index (χ3v) is 4.44. The molecule has 3 aromatic rings. The Hall–Kier alpha value is -2.72. The van der Waals surface area contributed by atoms with Crippen molar-refractivity contribution in [3.05, 3.63) is 41.3 Å². The zero-order valence-electron chi connectivity index (χ0n) is 14.6. The summed E-state index contributed by atoms with van der Waals surface area (Å²) in [6.07, 6.45) is 3.61. The highest BCUT2D eigenvalue weighted by molar-refractivity contribution is 7.13. The van der Waals surface area contributed by atoms with Gasteiger partial charge in [-0.05, 0) is 11.4 Å². The van der Waals surface area contributed by atoms with Gasteiger partial charge in [0.1, 0.15) is 0 Å². The summed E-state index contributed by atoms with van der Waals surface area (Å²) in [7, 11) is 3.44. The summed E-state index contributed by atoms with van der Waals surface area (Å²) >= 11 is 1.52. The van der Waals surface area contributed by atoms with Crippen LogP contribution in [0.4, 0.5) is 4.79 Å². The average Bonchev–Trinajstić information content (AvgIpc) is 3.37. The minimum absolute atomic E-state index is 0.185. The van der Waals surface area contributed by atoms with Gasteiger partial charge in [-0.3, -0.25) is 4.68 Å². The van der Waals surface area contributed by atoms with Gasteiger partial charge in [-0.2, -0.15) is 10.1 Å². The van der Waals surface area contributed by atoms with E-state index in [2.05, 4.69) is 20.6 Å². The van der Waals surface area contributed by atoms with Gasteiger partial charge in [0.15, 0.2) is 5.82 Å². The van der Waals surface area contributed by atoms with E-state index in [4.69, 9.17) is 9.26 Å². The van der Waals surface area contributed by atoms with Crippen LogP contribution in [-0.2, 0) is 24.9 Å². The van der Waals surface area contributed by atoms with Crippen molar-refractivity contribution in [1.29, 1.82) is 0 Å².